The molecule has 2 atom stereocenters. The summed E-state index contributed by atoms with van der Waals surface area (Å²) in [5, 5.41) is 9.67. The quantitative estimate of drug-likeness (QED) is 0.0878. The molecule has 0 amide bonds. The highest BCUT2D eigenvalue weighted by Gasteiger charge is 2.22. The molecular formula is C23H44NO7P. The second-order valence-corrected chi connectivity index (χ2v) is 9.16. The summed E-state index contributed by atoms with van der Waals surface area (Å²) in [5.74, 6) is -0.402. The SMILES string of the molecule is CCCCCC=CCC=CCCCCCCCC(=O)OCC(O)COP(=O)(O)OCCN. The van der Waals surface area contributed by atoms with Crippen LogP contribution in [0, 0.1) is 0 Å². The van der Waals surface area contributed by atoms with Crippen molar-refractivity contribution in [2.75, 3.05) is 26.4 Å². The van der Waals surface area contributed by atoms with Crippen LogP contribution in [-0.2, 0) is 23.1 Å². The standard InChI is InChI=1S/C23H44NO7P/c1-2-3-4-5-6-7-8-9-10-11-12-13-14-15-16-17-23(26)29-20-22(25)21-31-32(27,28)30-19-18-24/h6-7,9-10,22,25H,2-5,8,11-21,24H2,1H3,(H,27,28). The van der Waals surface area contributed by atoms with E-state index in [-0.39, 0.29) is 26.2 Å². The molecule has 0 aliphatic rings. The third-order valence-corrected chi connectivity index (χ3v) is 5.55. The summed E-state index contributed by atoms with van der Waals surface area (Å²) < 4.78 is 25.5. The van der Waals surface area contributed by atoms with Gasteiger partial charge in [-0.3, -0.25) is 13.8 Å². The van der Waals surface area contributed by atoms with Gasteiger partial charge in [-0.2, -0.15) is 0 Å². The summed E-state index contributed by atoms with van der Waals surface area (Å²) >= 11 is 0. The van der Waals surface area contributed by atoms with Gasteiger partial charge in [0.25, 0.3) is 0 Å². The maximum Gasteiger partial charge on any atom is 0.472 e. The van der Waals surface area contributed by atoms with Crippen molar-refractivity contribution in [3.05, 3.63) is 24.3 Å². The first-order chi connectivity index (χ1) is 15.4. The number of esters is 1. The average molecular weight is 478 g/mol. The maximum atomic E-state index is 11.7. The minimum absolute atomic E-state index is 0.0717. The molecule has 8 nitrogen and oxygen atoms in total. The molecule has 0 aromatic carbocycles. The molecule has 0 saturated heterocycles. The number of rotatable bonds is 22. The number of carbonyl (C=O) groups is 1. The summed E-state index contributed by atoms with van der Waals surface area (Å²) in [6.07, 6.45) is 20.2. The Balaban J connectivity index is 3.54. The number of hydrogen-bond acceptors (Lipinski definition) is 7. The van der Waals surface area contributed by atoms with E-state index >= 15 is 0 Å². The molecule has 0 rings (SSSR count). The van der Waals surface area contributed by atoms with Gasteiger partial charge in [0.15, 0.2) is 0 Å². The molecule has 4 N–H and O–H groups in total. The number of aliphatic hydroxyl groups is 1. The highest BCUT2D eigenvalue weighted by molar-refractivity contribution is 7.47. The zero-order chi connectivity index (χ0) is 23.9. The molecule has 0 saturated carbocycles. The lowest BCUT2D eigenvalue weighted by molar-refractivity contribution is -0.147. The number of unbranched alkanes of at least 4 members (excludes halogenated alkanes) is 8. The average Bonchev–Trinajstić information content (AvgIpc) is 2.77. The number of phosphoric acid groups is 1. The molecule has 0 heterocycles. The van der Waals surface area contributed by atoms with Gasteiger partial charge in [0.05, 0.1) is 13.2 Å². The first-order valence-electron chi connectivity index (χ1n) is 11.9. The number of phosphoric ester groups is 1. The molecule has 0 radical (unpaired) electrons. The predicted molar refractivity (Wildman–Crippen MR) is 127 cm³/mol. The van der Waals surface area contributed by atoms with Crippen LogP contribution in [0.4, 0.5) is 0 Å². The van der Waals surface area contributed by atoms with Gasteiger partial charge < -0.3 is 20.5 Å². The van der Waals surface area contributed by atoms with Crippen molar-refractivity contribution < 1.29 is 33.1 Å². The Labute approximate surface area is 193 Å². The van der Waals surface area contributed by atoms with Crippen LogP contribution in [0.1, 0.15) is 84.0 Å². The molecule has 188 valence electrons. The van der Waals surface area contributed by atoms with Crippen LogP contribution in [0.25, 0.3) is 0 Å². The van der Waals surface area contributed by atoms with E-state index in [4.69, 9.17) is 10.5 Å². The van der Waals surface area contributed by atoms with Crippen molar-refractivity contribution in [3.8, 4) is 0 Å². The number of allylic oxidation sites excluding steroid dienone is 4. The molecule has 0 bridgehead atoms. The summed E-state index contributed by atoms with van der Waals surface area (Å²) in [4.78, 5) is 21.0. The third kappa shape index (κ3) is 22.2. The largest absolute Gasteiger partial charge is 0.472 e. The van der Waals surface area contributed by atoms with Gasteiger partial charge in [-0.1, -0.05) is 63.3 Å². The Morgan fingerprint density at radius 3 is 2.22 bits per heavy atom. The van der Waals surface area contributed by atoms with Gasteiger partial charge in [0.2, 0.25) is 0 Å². The highest BCUT2D eigenvalue weighted by atomic mass is 31.2. The van der Waals surface area contributed by atoms with Crippen LogP contribution in [0.3, 0.4) is 0 Å². The van der Waals surface area contributed by atoms with E-state index in [0.29, 0.717) is 0 Å². The van der Waals surface area contributed by atoms with Gasteiger partial charge in [-0.15, -0.1) is 0 Å². The van der Waals surface area contributed by atoms with Crippen molar-refractivity contribution in [1.82, 2.24) is 0 Å². The molecule has 0 aromatic rings. The van der Waals surface area contributed by atoms with E-state index in [2.05, 4.69) is 40.3 Å². The summed E-state index contributed by atoms with van der Waals surface area (Å²) in [6, 6.07) is 0. The van der Waals surface area contributed by atoms with Crippen molar-refractivity contribution in [2.24, 2.45) is 5.73 Å². The smallest absolute Gasteiger partial charge is 0.463 e. The fraction of sp³-hybridized carbons (Fsp3) is 0.783. The van der Waals surface area contributed by atoms with Crippen molar-refractivity contribution in [1.29, 1.82) is 0 Å². The number of hydrogen-bond donors (Lipinski definition) is 3. The zero-order valence-corrected chi connectivity index (χ0v) is 20.6. The Bertz CT molecular complexity index is 554. The minimum Gasteiger partial charge on any atom is -0.463 e. The lowest BCUT2D eigenvalue weighted by atomic mass is 10.1. The van der Waals surface area contributed by atoms with Crippen LogP contribution in [0.15, 0.2) is 24.3 Å². The van der Waals surface area contributed by atoms with Crippen LogP contribution >= 0.6 is 7.82 Å². The molecule has 0 fully saturated rings. The fourth-order valence-corrected chi connectivity index (χ4v) is 3.55. The Kier molecular flexibility index (Phi) is 21.1. The van der Waals surface area contributed by atoms with Crippen LogP contribution in [-0.4, -0.2) is 48.4 Å². The lowest BCUT2D eigenvalue weighted by Crippen LogP contribution is -2.23. The van der Waals surface area contributed by atoms with Gasteiger partial charge >= 0.3 is 13.8 Å². The van der Waals surface area contributed by atoms with E-state index < -0.39 is 26.5 Å². The fourth-order valence-electron chi connectivity index (χ4n) is 2.78. The first kappa shape index (κ1) is 31.0. The molecule has 0 aliphatic carbocycles. The number of nitrogens with two attached hydrogens (primary N) is 1. The number of ether oxygens (including phenoxy) is 1. The Morgan fingerprint density at radius 1 is 0.938 bits per heavy atom. The summed E-state index contributed by atoms with van der Waals surface area (Å²) in [5.41, 5.74) is 5.16. The Hall–Kier alpha value is -1.02. The zero-order valence-electron chi connectivity index (χ0n) is 19.7. The minimum atomic E-state index is -4.24. The van der Waals surface area contributed by atoms with E-state index in [9.17, 15) is 19.4 Å². The monoisotopic (exact) mass is 477 g/mol. The number of carbonyl (C=O) groups excluding carboxylic acids is 1. The molecule has 32 heavy (non-hydrogen) atoms. The molecule has 2 unspecified atom stereocenters. The second kappa shape index (κ2) is 21.8. The van der Waals surface area contributed by atoms with Crippen LogP contribution < -0.4 is 5.73 Å². The van der Waals surface area contributed by atoms with Crippen molar-refractivity contribution in [2.45, 2.75) is 90.1 Å². The Morgan fingerprint density at radius 2 is 1.56 bits per heavy atom. The highest BCUT2D eigenvalue weighted by Crippen LogP contribution is 2.42. The van der Waals surface area contributed by atoms with Crippen molar-refractivity contribution in [3.63, 3.8) is 0 Å². The van der Waals surface area contributed by atoms with E-state index in [1.807, 2.05) is 0 Å². The van der Waals surface area contributed by atoms with E-state index in [0.717, 1.165) is 44.9 Å². The molecule has 0 aliphatic heterocycles. The molecule has 0 aromatic heterocycles. The predicted octanol–water partition coefficient (Wildman–Crippen LogP) is 4.80. The first-order valence-corrected chi connectivity index (χ1v) is 13.4. The second-order valence-electron chi connectivity index (χ2n) is 7.70. The van der Waals surface area contributed by atoms with Gasteiger partial charge in [-0.25, -0.2) is 4.57 Å². The van der Waals surface area contributed by atoms with Gasteiger partial charge in [0, 0.05) is 13.0 Å². The molecule has 9 heteroatoms. The molecule has 0 spiro atoms. The summed E-state index contributed by atoms with van der Waals surface area (Å²) in [6.45, 7) is 1.39. The van der Waals surface area contributed by atoms with Crippen LogP contribution in [0.5, 0.6) is 0 Å². The van der Waals surface area contributed by atoms with Crippen molar-refractivity contribution >= 4 is 13.8 Å². The third-order valence-electron chi connectivity index (χ3n) is 4.57. The van der Waals surface area contributed by atoms with Gasteiger partial charge in [-0.05, 0) is 38.5 Å². The topological polar surface area (TPSA) is 128 Å². The van der Waals surface area contributed by atoms with Gasteiger partial charge in [0.1, 0.15) is 12.7 Å². The van der Waals surface area contributed by atoms with E-state index in [1.165, 1.54) is 25.7 Å². The normalized spacial score (nSPS) is 14.8. The lowest BCUT2D eigenvalue weighted by Gasteiger charge is -2.15. The molecular weight excluding hydrogens is 433 g/mol. The van der Waals surface area contributed by atoms with Crippen LogP contribution in [0.2, 0.25) is 0 Å². The summed E-state index contributed by atoms with van der Waals surface area (Å²) in [7, 11) is -4.24. The van der Waals surface area contributed by atoms with E-state index in [1.54, 1.807) is 0 Å². The number of aliphatic hydroxyl groups excluding tert-OH is 1. The maximum absolute atomic E-state index is 11.7.